The van der Waals surface area contributed by atoms with E-state index in [9.17, 15) is 5.11 Å². The van der Waals surface area contributed by atoms with Gasteiger partial charge in [0.05, 0.1) is 18.3 Å². The molecule has 0 saturated carbocycles. The molecular formula is C11H23NO3. The summed E-state index contributed by atoms with van der Waals surface area (Å²) in [6.07, 6.45) is 3.16. The van der Waals surface area contributed by atoms with Crippen molar-refractivity contribution in [1.82, 2.24) is 5.32 Å². The van der Waals surface area contributed by atoms with Crippen LogP contribution in [0.2, 0.25) is 0 Å². The van der Waals surface area contributed by atoms with Gasteiger partial charge in [0.15, 0.2) is 0 Å². The fourth-order valence-electron chi connectivity index (χ4n) is 1.90. The first-order valence-electron chi connectivity index (χ1n) is 5.68. The van der Waals surface area contributed by atoms with Crippen LogP contribution in [0.4, 0.5) is 0 Å². The van der Waals surface area contributed by atoms with Crippen LogP contribution in [-0.2, 0) is 9.47 Å². The number of nitrogens with one attached hydrogen (secondary N) is 1. The van der Waals surface area contributed by atoms with Crippen LogP contribution in [0.1, 0.15) is 26.2 Å². The molecule has 2 unspecified atom stereocenters. The van der Waals surface area contributed by atoms with Crippen LogP contribution < -0.4 is 5.32 Å². The topological polar surface area (TPSA) is 50.7 Å². The summed E-state index contributed by atoms with van der Waals surface area (Å²) in [5.74, 6) is 0. The molecule has 0 aromatic carbocycles. The normalized spacial score (nSPS) is 25.4. The van der Waals surface area contributed by atoms with E-state index >= 15 is 0 Å². The molecule has 0 aliphatic carbocycles. The SMILES string of the molecule is COCCNCC(C)(O)CC1CCCO1. The van der Waals surface area contributed by atoms with Gasteiger partial charge in [-0.05, 0) is 19.8 Å². The molecule has 90 valence electrons. The van der Waals surface area contributed by atoms with Crippen molar-refractivity contribution in [2.24, 2.45) is 0 Å². The number of ether oxygens (including phenoxy) is 2. The molecule has 15 heavy (non-hydrogen) atoms. The van der Waals surface area contributed by atoms with Gasteiger partial charge in [-0.1, -0.05) is 0 Å². The predicted molar refractivity (Wildman–Crippen MR) is 59.0 cm³/mol. The lowest BCUT2D eigenvalue weighted by Crippen LogP contribution is -2.41. The summed E-state index contributed by atoms with van der Waals surface area (Å²) in [6.45, 7) is 4.75. The summed E-state index contributed by atoms with van der Waals surface area (Å²) in [5, 5.41) is 13.3. The quantitative estimate of drug-likeness (QED) is 0.611. The van der Waals surface area contributed by atoms with Crippen LogP contribution in [-0.4, -0.2) is 50.2 Å². The maximum Gasteiger partial charge on any atom is 0.0768 e. The van der Waals surface area contributed by atoms with Crippen LogP contribution in [0.5, 0.6) is 0 Å². The molecule has 0 radical (unpaired) electrons. The summed E-state index contributed by atoms with van der Waals surface area (Å²) in [5.41, 5.74) is -0.678. The smallest absolute Gasteiger partial charge is 0.0768 e. The molecule has 2 atom stereocenters. The van der Waals surface area contributed by atoms with Crippen molar-refractivity contribution >= 4 is 0 Å². The summed E-state index contributed by atoms with van der Waals surface area (Å²) in [6, 6.07) is 0. The summed E-state index contributed by atoms with van der Waals surface area (Å²) in [7, 11) is 1.67. The van der Waals surface area contributed by atoms with Crippen molar-refractivity contribution < 1.29 is 14.6 Å². The molecule has 0 aromatic rings. The van der Waals surface area contributed by atoms with Crippen molar-refractivity contribution in [2.75, 3.05) is 33.4 Å². The minimum absolute atomic E-state index is 0.240. The van der Waals surface area contributed by atoms with Crippen LogP contribution in [0.3, 0.4) is 0 Å². The minimum atomic E-state index is -0.678. The lowest BCUT2D eigenvalue weighted by Gasteiger charge is -2.26. The minimum Gasteiger partial charge on any atom is -0.389 e. The average molecular weight is 217 g/mol. The van der Waals surface area contributed by atoms with E-state index in [1.165, 1.54) is 0 Å². The van der Waals surface area contributed by atoms with E-state index in [4.69, 9.17) is 9.47 Å². The Morgan fingerprint density at radius 3 is 3.00 bits per heavy atom. The van der Waals surface area contributed by atoms with Gasteiger partial charge in [-0.2, -0.15) is 0 Å². The van der Waals surface area contributed by atoms with E-state index in [2.05, 4.69) is 5.32 Å². The third-order valence-corrected chi connectivity index (χ3v) is 2.68. The van der Waals surface area contributed by atoms with Gasteiger partial charge in [0, 0.05) is 33.2 Å². The van der Waals surface area contributed by atoms with Crippen molar-refractivity contribution in [1.29, 1.82) is 0 Å². The van der Waals surface area contributed by atoms with Crippen LogP contribution in [0.25, 0.3) is 0 Å². The Morgan fingerprint density at radius 1 is 1.60 bits per heavy atom. The standard InChI is InChI=1S/C11H23NO3/c1-11(13,9-12-5-7-14-2)8-10-4-3-6-15-10/h10,12-13H,3-9H2,1-2H3. The third-order valence-electron chi connectivity index (χ3n) is 2.68. The molecule has 2 N–H and O–H groups in total. The van der Waals surface area contributed by atoms with E-state index < -0.39 is 5.60 Å². The molecule has 1 saturated heterocycles. The van der Waals surface area contributed by atoms with Crippen molar-refractivity contribution in [3.05, 3.63) is 0 Å². The highest BCUT2D eigenvalue weighted by atomic mass is 16.5. The highest BCUT2D eigenvalue weighted by Crippen LogP contribution is 2.21. The third kappa shape index (κ3) is 5.47. The van der Waals surface area contributed by atoms with Gasteiger partial charge in [-0.3, -0.25) is 0 Å². The molecule has 0 spiro atoms. The zero-order valence-electron chi connectivity index (χ0n) is 9.79. The van der Waals surface area contributed by atoms with Gasteiger partial charge in [-0.15, -0.1) is 0 Å². The number of hydrogen-bond donors (Lipinski definition) is 2. The Labute approximate surface area is 92.0 Å². The van der Waals surface area contributed by atoms with E-state index in [0.29, 0.717) is 19.6 Å². The zero-order chi connectivity index (χ0) is 11.1. The molecule has 1 aliphatic heterocycles. The molecule has 4 nitrogen and oxygen atoms in total. The highest BCUT2D eigenvalue weighted by molar-refractivity contribution is 4.81. The fraction of sp³-hybridized carbons (Fsp3) is 1.00. The molecule has 4 heteroatoms. The second-order valence-corrected chi connectivity index (χ2v) is 4.51. The summed E-state index contributed by atoms with van der Waals surface area (Å²) < 4.78 is 10.4. The molecule has 1 aliphatic rings. The Balaban J connectivity index is 2.12. The van der Waals surface area contributed by atoms with Gasteiger partial charge in [-0.25, -0.2) is 0 Å². The van der Waals surface area contributed by atoms with Crippen molar-refractivity contribution in [3.63, 3.8) is 0 Å². The molecule has 0 amide bonds. The van der Waals surface area contributed by atoms with Crippen LogP contribution in [0.15, 0.2) is 0 Å². The van der Waals surface area contributed by atoms with E-state index in [1.807, 2.05) is 6.92 Å². The number of rotatable bonds is 7. The average Bonchev–Trinajstić information content (AvgIpc) is 2.64. The Morgan fingerprint density at radius 2 is 2.40 bits per heavy atom. The number of methoxy groups -OCH3 is 1. The lowest BCUT2D eigenvalue weighted by atomic mass is 9.97. The predicted octanol–water partition coefficient (Wildman–Crippen LogP) is 0.542. The Hall–Kier alpha value is -0.160. The van der Waals surface area contributed by atoms with Gasteiger partial charge >= 0.3 is 0 Å². The van der Waals surface area contributed by atoms with E-state index in [0.717, 1.165) is 26.0 Å². The van der Waals surface area contributed by atoms with Crippen molar-refractivity contribution in [2.45, 2.75) is 37.9 Å². The van der Waals surface area contributed by atoms with Gasteiger partial charge in [0.25, 0.3) is 0 Å². The van der Waals surface area contributed by atoms with Gasteiger partial charge in [0.1, 0.15) is 0 Å². The van der Waals surface area contributed by atoms with Crippen LogP contribution in [0, 0.1) is 0 Å². The number of hydrogen-bond acceptors (Lipinski definition) is 4. The second-order valence-electron chi connectivity index (χ2n) is 4.51. The molecular weight excluding hydrogens is 194 g/mol. The first-order valence-corrected chi connectivity index (χ1v) is 5.68. The van der Waals surface area contributed by atoms with Crippen LogP contribution >= 0.6 is 0 Å². The molecule has 1 fully saturated rings. The monoisotopic (exact) mass is 217 g/mol. The summed E-state index contributed by atoms with van der Waals surface area (Å²) in [4.78, 5) is 0. The Kier molecular flexibility index (Phi) is 5.53. The van der Waals surface area contributed by atoms with Gasteiger partial charge in [0.2, 0.25) is 0 Å². The van der Waals surface area contributed by atoms with Gasteiger partial charge < -0.3 is 19.9 Å². The lowest BCUT2D eigenvalue weighted by molar-refractivity contribution is -0.00647. The van der Waals surface area contributed by atoms with E-state index in [1.54, 1.807) is 7.11 Å². The molecule has 1 rings (SSSR count). The molecule has 1 heterocycles. The Bertz CT molecular complexity index is 167. The first kappa shape index (κ1) is 12.9. The summed E-state index contributed by atoms with van der Waals surface area (Å²) >= 11 is 0. The largest absolute Gasteiger partial charge is 0.389 e. The molecule has 0 aromatic heterocycles. The second kappa shape index (κ2) is 6.43. The number of aliphatic hydroxyl groups is 1. The fourth-order valence-corrected chi connectivity index (χ4v) is 1.90. The zero-order valence-corrected chi connectivity index (χ0v) is 9.79. The maximum atomic E-state index is 10.1. The van der Waals surface area contributed by atoms with Crippen molar-refractivity contribution in [3.8, 4) is 0 Å². The first-order chi connectivity index (χ1) is 7.14. The molecule has 0 bridgehead atoms. The van der Waals surface area contributed by atoms with E-state index in [-0.39, 0.29) is 6.10 Å². The maximum absolute atomic E-state index is 10.1. The highest BCUT2D eigenvalue weighted by Gasteiger charge is 2.27.